The number of hydrogen-bond donors (Lipinski definition) is 4. The number of aliphatic hydroxyl groups is 1. The normalized spacial score (nSPS) is 12.0. The molecule has 0 saturated carbocycles. The van der Waals surface area contributed by atoms with Crippen LogP contribution in [0.2, 0.25) is 0 Å². The van der Waals surface area contributed by atoms with E-state index in [1.807, 2.05) is 0 Å². The van der Waals surface area contributed by atoms with Gasteiger partial charge in [0.05, 0.1) is 12.7 Å². The highest BCUT2D eigenvalue weighted by Gasteiger charge is 2.14. The monoisotopic (exact) mass is 438 g/mol. The number of aromatic hydroxyl groups is 2. The van der Waals surface area contributed by atoms with Crippen LogP contribution in [0.4, 0.5) is 0 Å². The summed E-state index contributed by atoms with van der Waals surface area (Å²) in [7, 11) is 1.39. The maximum Gasteiger partial charge on any atom is 0.303 e. The van der Waals surface area contributed by atoms with E-state index in [1.165, 1.54) is 61.7 Å². The number of rotatable bonds is 10. The fourth-order valence-corrected chi connectivity index (χ4v) is 2.73. The molecule has 0 spiro atoms. The molecule has 0 fully saturated rings. The molecule has 2 rings (SSSR count). The van der Waals surface area contributed by atoms with Crippen LogP contribution in [-0.4, -0.2) is 45.6 Å². The summed E-state index contributed by atoms with van der Waals surface area (Å²) in [6.45, 7) is 0. The standard InChI is InChI=1S/C24H22O8/c1-32-23-13-16(5-10-22(23)29)4-9-21(28)18(6-11-24(30)31)20(27)8-3-15-2-7-19(26)17(12-15)14-25/h2-5,7-10,12-14,26-27,29H,6,11H2,1H3,(H,30,31)/b8-3+,9-4+,20-18?. The van der Waals surface area contributed by atoms with Gasteiger partial charge in [0, 0.05) is 12.0 Å². The summed E-state index contributed by atoms with van der Waals surface area (Å²) in [6, 6.07) is 8.67. The molecule has 0 bridgehead atoms. The van der Waals surface area contributed by atoms with Gasteiger partial charge in [-0.25, -0.2) is 0 Å². The summed E-state index contributed by atoms with van der Waals surface area (Å²) in [6.07, 6.45) is 5.17. The minimum Gasteiger partial charge on any atom is -0.508 e. The molecule has 0 saturated heterocycles. The summed E-state index contributed by atoms with van der Waals surface area (Å²) in [5, 5.41) is 38.6. The van der Waals surface area contributed by atoms with Crippen molar-refractivity contribution in [2.75, 3.05) is 7.11 Å². The van der Waals surface area contributed by atoms with Gasteiger partial charge in [0.1, 0.15) is 11.5 Å². The van der Waals surface area contributed by atoms with Gasteiger partial charge in [0.2, 0.25) is 0 Å². The minimum atomic E-state index is -1.13. The van der Waals surface area contributed by atoms with Crippen LogP contribution in [0, 0.1) is 0 Å². The fraction of sp³-hybridized carbons (Fsp3) is 0.125. The maximum absolute atomic E-state index is 12.7. The molecule has 8 nitrogen and oxygen atoms in total. The summed E-state index contributed by atoms with van der Waals surface area (Å²) >= 11 is 0. The third-order valence-corrected chi connectivity index (χ3v) is 4.44. The fourth-order valence-electron chi connectivity index (χ4n) is 2.73. The van der Waals surface area contributed by atoms with Crippen LogP contribution in [0.25, 0.3) is 12.2 Å². The number of carboxylic acid groups (broad SMARTS) is 1. The molecule has 0 aliphatic carbocycles. The number of carbonyl (C=O) groups excluding carboxylic acids is 2. The number of ketones is 1. The zero-order valence-electron chi connectivity index (χ0n) is 17.2. The Hall–Kier alpha value is -4.33. The average Bonchev–Trinajstić information content (AvgIpc) is 2.77. The SMILES string of the molecule is COc1cc(/C=C/C(=O)C(CCC(=O)O)=C(O)/C=C/c2ccc(O)c(C=O)c2)ccc1O. The van der Waals surface area contributed by atoms with E-state index in [4.69, 9.17) is 9.84 Å². The van der Waals surface area contributed by atoms with E-state index in [9.17, 15) is 29.7 Å². The van der Waals surface area contributed by atoms with Gasteiger partial charge in [-0.05, 0) is 54.0 Å². The van der Waals surface area contributed by atoms with Crippen molar-refractivity contribution in [2.24, 2.45) is 0 Å². The lowest BCUT2D eigenvalue weighted by molar-refractivity contribution is -0.136. The van der Waals surface area contributed by atoms with Crippen molar-refractivity contribution in [3.63, 3.8) is 0 Å². The predicted octanol–water partition coefficient (Wildman–Crippen LogP) is 3.89. The topological polar surface area (TPSA) is 141 Å². The Morgan fingerprint density at radius 3 is 2.16 bits per heavy atom. The Labute approximate surface area is 184 Å². The summed E-state index contributed by atoms with van der Waals surface area (Å²) in [5.74, 6) is -2.19. The Balaban J connectivity index is 2.32. The lowest BCUT2D eigenvalue weighted by Gasteiger charge is -2.06. The van der Waals surface area contributed by atoms with E-state index in [2.05, 4.69) is 0 Å². The third-order valence-electron chi connectivity index (χ3n) is 4.44. The Morgan fingerprint density at radius 1 is 0.906 bits per heavy atom. The quantitative estimate of drug-likeness (QED) is 0.189. The van der Waals surface area contributed by atoms with Gasteiger partial charge in [0.25, 0.3) is 0 Å². The maximum atomic E-state index is 12.7. The number of methoxy groups -OCH3 is 1. The first kappa shape index (κ1) is 23.9. The average molecular weight is 438 g/mol. The highest BCUT2D eigenvalue weighted by Crippen LogP contribution is 2.27. The van der Waals surface area contributed by atoms with Crippen LogP contribution in [0.15, 0.2) is 59.9 Å². The van der Waals surface area contributed by atoms with Crippen LogP contribution in [0.3, 0.4) is 0 Å². The molecule has 0 aliphatic rings. The molecular weight excluding hydrogens is 416 g/mol. The van der Waals surface area contributed by atoms with Crippen LogP contribution < -0.4 is 4.74 Å². The van der Waals surface area contributed by atoms with Gasteiger partial charge in [0.15, 0.2) is 23.6 Å². The highest BCUT2D eigenvalue weighted by molar-refractivity contribution is 6.07. The Bertz CT molecular complexity index is 1110. The van der Waals surface area contributed by atoms with E-state index in [0.717, 1.165) is 0 Å². The molecule has 4 N–H and O–H groups in total. The van der Waals surface area contributed by atoms with Crippen LogP contribution in [-0.2, 0) is 9.59 Å². The van der Waals surface area contributed by atoms with Gasteiger partial charge in [-0.1, -0.05) is 24.3 Å². The van der Waals surface area contributed by atoms with E-state index in [-0.39, 0.29) is 41.2 Å². The highest BCUT2D eigenvalue weighted by atomic mass is 16.5. The molecule has 8 heteroatoms. The zero-order chi connectivity index (χ0) is 23.7. The van der Waals surface area contributed by atoms with Crippen molar-refractivity contribution < 1.29 is 39.5 Å². The second kappa shape index (κ2) is 11.2. The summed E-state index contributed by atoms with van der Waals surface area (Å²) < 4.78 is 5.01. The van der Waals surface area contributed by atoms with Crippen molar-refractivity contribution in [2.45, 2.75) is 12.8 Å². The van der Waals surface area contributed by atoms with Gasteiger partial charge < -0.3 is 25.2 Å². The van der Waals surface area contributed by atoms with Gasteiger partial charge in [-0.2, -0.15) is 0 Å². The molecule has 32 heavy (non-hydrogen) atoms. The van der Waals surface area contributed by atoms with Crippen LogP contribution in [0.5, 0.6) is 17.2 Å². The number of aliphatic hydroxyl groups excluding tert-OH is 1. The Morgan fingerprint density at radius 2 is 1.53 bits per heavy atom. The van der Waals surface area contributed by atoms with E-state index in [0.29, 0.717) is 17.4 Å². The number of phenols is 2. The molecule has 0 amide bonds. The molecule has 0 atom stereocenters. The molecule has 2 aromatic carbocycles. The number of aldehydes is 1. The lowest BCUT2D eigenvalue weighted by Crippen LogP contribution is -2.05. The number of hydrogen-bond acceptors (Lipinski definition) is 7. The molecule has 0 aromatic heterocycles. The largest absolute Gasteiger partial charge is 0.508 e. The van der Waals surface area contributed by atoms with Gasteiger partial charge >= 0.3 is 5.97 Å². The molecule has 2 aromatic rings. The number of carbonyl (C=O) groups is 3. The van der Waals surface area contributed by atoms with Crippen molar-refractivity contribution >= 4 is 30.2 Å². The number of carboxylic acids is 1. The number of allylic oxidation sites excluding steroid dienone is 3. The van der Waals surface area contributed by atoms with E-state index < -0.39 is 17.5 Å². The Kier molecular flexibility index (Phi) is 8.36. The number of ether oxygens (including phenoxy) is 1. The third kappa shape index (κ3) is 6.60. The summed E-state index contributed by atoms with van der Waals surface area (Å²) in [5.41, 5.74) is 0.976. The van der Waals surface area contributed by atoms with Gasteiger partial charge in [-0.15, -0.1) is 0 Å². The van der Waals surface area contributed by atoms with Crippen molar-refractivity contribution in [3.05, 3.63) is 76.6 Å². The van der Waals surface area contributed by atoms with Gasteiger partial charge in [-0.3, -0.25) is 14.4 Å². The molecule has 0 radical (unpaired) electrons. The molecular formula is C24H22O8. The first-order chi connectivity index (χ1) is 15.2. The van der Waals surface area contributed by atoms with Crippen molar-refractivity contribution in [1.82, 2.24) is 0 Å². The minimum absolute atomic E-state index is 0.0602. The van der Waals surface area contributed by atoms with E-state index >= 15 is 0 Å². The predicted molar refractivity (Wildman–Crippen MR) is 118 cm³/mol. The first-order valence-electron chi connectivity index (χ1n) is 9.44. The number of aliphatic carboxylic acids is 1. The molecule has 0 aliphatic heterocycles. The van der Waals surface area contributed by atoms with E-state index in [1.54, 1.807) is 6.07 Å². The van der Waals surface area contributed by atoms with Crippen LogP contribution in [0.1, 0.15) is 34.3 Å². The lowest BCUT2D eigenvalue weighted by atomic mass is 10.0. The molecule has 166 valence electrons. The molecule has 0 heterocycles. The number of benzene rings is 2. The van der Waals surface area contributed by atoms with Crippen LogP contribution >= 0.6 is 0 Å². The number of phenolic OH excluding ortho intramolecular Hbond substituents is 2. The molecule has 0 unspecified atom stereocenters. The second-order valence-corrected chi connectivity index (χ2v) is 6.66. The van der Waals surface area contributed by atoms with Crippen molar-refractivity contribution in [1.29, 1.82) is 0 Å². The summed E-state index contributed by atoms with van der Waals surface area (Å²) in [4.78, 5) is 34.6. The first-order valence-corrected chi connectivity index (χ1v) is 9.44. The smallest absolute Gasteiger partial charge is 0.303 e. The second-order valence-electron chi connectivity index (χ2n) is 6.66. The zero-order valence-corrected chi connectivity index (χ0v) is 17.2. The van der Waals surface area contributed by atoms with Crippen molar-refractivity contribution in [3.8, 4) is 17.2 Å².